The van der Waals surface area contributed by atoms with Crippen molar-refractivity contribution in [2.24, 2.45) is 0 Å². The highest BCUT2D eigenvalue weighted by atomic mass is 19.4. The number of pyridine rings is 2. The Morgan fingerprint density at radius 1 is 0.952 bits per heavy atom. The summed E-state index contributed by atoms with van der Waals surface area (Å²) in [6, 6.07) is 15.0. The lowest BCUT2D eigenvalue weighted by Crippen LogP contribution is -2.44. The van der Waals surface area contributed by atoms with Crippen LogP contribution in [0.15, 0.2) is 66.9 Å². The summed E-state index contributed by atoms with van der Waals surface area (Å²) in [6.45, 7) is 5.86. The van der Waals surface area contributed by atoms with E-state index in [1.165, 1.54) is 12.1 Å². The highest BCUT2D eigenvalue weighted by Crippen LogP contribution is 2.38. The van der Waals surface area contributed by atoms with Crippen LogP contribution in [0.1, 0.15) is 29.8 Å². The van der Waals surface area contributed by atoms with Crippen molar-refractivity contribution in [1.82, 2.24) is 20.6 Å². The average molecular weight is 578 g/mol. The van der Waals surface area contributed by atoms with Gasteiger partial charge in [-0.3, -0.25) is 9.78 Å². The monoisotopic (exact) mass is 577 g/mol. The van der Waals surface area contributed by atoms with Gasteiger partial charge >= 0.3 is 12.2 Å². The topological polar surface area (TPSA) is 111 Å². The molecule has 0 bridgehead atoms. The Balaban J connectivity index is 1.32. The van der Waals surface area contributed by atoms with Crippen LogP contribution in [0.25, 0.3) is 22.3 Å². The maximum atomic E-state index is 13.9. The molecule has 2 aromatic carbocycles. The third-order valence-electron chi connectivity index (χ3n) is 6.68. The molecular formula is C30H30F3N7O2. The Hall–Kier alpha value is -4.71. The molecular weight excluding hydrogens is 547 g/mol. The number of rotatable bonds is 6. The smallest absolute Gasteiger partial charge is 0.368 e. The number of nitrogens with zero attached hydrogens (tertiary/aromatic N) is 3. The Morgan fingerprint density at radius 2 is 1.64 bits per heavy atom. The van der Waals surface area contributed by atoms with E-state index in [9.17, 15) is 22.8 Å². The van der Waals surface area contributed by atoms with E-state index < -0.39 is 17.8 Å². The number of anilines is 3. The average Bonchev–Trinajstić information content (AvgIpc) is 2.96. The van der Waals surface area contributed by atoms with Crippen molar-refractivity contribution >= 4 is 40.0 Å². The SMILES string of the molecule is CC(C)NC(=O)c1cc(-c2ccc(NC(=O)Nc3ccc(N4CCNCC4)c(C(F)(F)F)c3)cc2)nc2cccnc12. The van der Waals surface area contributed by atoms with Crippen molar-refractivity contribution in [2.75, 3.05) is 41.7 Å². The molecule has 1 aliphatic heterocycles. The van der Waals surface area contributed by atoms with Crippen LogP contribution in [0.2, 0.25) is 0 Å². The van der Waals surface area contributed by atoms with Crippen molar-refractivity contribution in [3.05, 3.63) is 78.0 Å². The molecule has 4 aromatic rings. The molecule has 3 heterocycles. The van der Waals surface area contributed by atoms with E-state index in [0.717, 1.165) is 6.07 Å². The van der Waals surface area contributed by atoms with Crippen molar-refractivity contribution in [3.63, 3.8) is 0 Å². The second kappa shape index (κ2) is 12.0. The van der Waals surface area contributed by atoms with Crippen LogP contribution in [0.3, 0.4) is 0 Å². The molecule has 1 saturated heterocycles. The standard InChI is InChI=1S/C30H30F3N7O2/c1-18(2)36-28(41)22-17-25(39-24-4-3-11-35-27(22)24)19-5-7-20(8-6-19)37-29(42)38-21-9-10-26(23(16-21)30(31,32)33)40-14-12-34-13-15-40/h3-11,16-18,34H,12-15H2,1-2H3,(H,36,41)(H2,37,38,42). The number of carbonyl (C=O) groups is 2. The quantitative estimate of drug-likeness (QED) is 0.241. The van der Waals surface area contributed by atoms with E-state index in [1.807, 2.05) is 13.8 Å². The second-order valence-corrected chi connectivity index (χ2v) is 10.2. The van der Waals surface area contributed by atoms with E-state index in [-0.39, 0.29) is 23.3 Å². The van der Waals surface area contributed by atoms with E-state index in [0.29, 0.717) is 59.7 Å². The number of piperazine rings is 1. The molecule has 5 rings (SSSR count). The van der Waals surface area contributed by atoms with Gasteiger partial charge in [-0.25, -0.2) is 9.78 Å². The fraction of sp³-hybridized carbons (Fsp3) is 0.267. The number of urea groups is 1. The van der Waals surface area contributed by atoms with Gasteiger partial charge < -0.3 is 26.2 Å². The van der Waals surface area contributed by atoms with Gasteiger partial charge in [-0.05, 0) is 62.4 Å². The van der Waals surface area contributed by atoms with Gasteiger partial charge in [0.25, 0.3) is 5.91 Å². The summed E-state index contributed by atoms with van der Waals surface area (Å²) >= 11 is 0. The number of nitrogens with one attached hydrogen (secondary N) is 4. The molecule has 12 heteroatoms. The molecule has 0 spiro atoms. The number of aromatic nitrogens is 2. The largest absolute Gasteiger partial charge is 0.418 e. The fourth-order valence-electron chi connectivity index (χ4n) is 4.76. The van der Waals surface area contributed by atoms with Gasteiger partial charge in [0.15, 0.2) is 0 Å². The van der Waals surface area contributed by atoms with Gasteiger partial charge in [-0.15, -0.1) is 0 Å². The zero-order chi connectivity index (χ0) is 29.9. The number of carbonyl (C=O) groups excluding carboxylic acids is 2. The Kier molecular flexibility index (Phi) is 8.25. The first-order chi connectivity index (χ1) is 20.1. The van der Waals surface area contributed by atoms with E-state index in [2.05, 4.69) is 31.2 Å². The van der Waals surface area contributed by atoms with Crippen LogP contribution < -0.4 is 26.2 Å². The fourth-order valence-corrected chi connectivity index (χ4v) is 4.76. The number of fused-ring (bicyclic) bond motifs is 1. The zero-order valence-electron chi connectivity index (χ0n) is 23.0. The van der Waals surface area contributed by atoms with Gasteiger partial charge in [-0.1, -0.05) is 12.1 Å². The summed E-state index contributed by atoms with van der Waals surface area (Å²) in [5.74, 6) is -0.262. The highest BCUT2D eigenvalue weighted by molar-refractivity contribution is 6.06. The minimum Gasteiger partial charge on any atom is -0.368 e. The minimum atomic E-state index is -4.58. The Morgan fingerprint density at radius 3 is 2.33 bits per heavy atom. The summed E-state index contributed by atoms with van der Waals surface area (Å²) in [5.41, 5.74) is 2.43. The summed E-state index contributed by atoms with van der Waals surface area (Å²) in [6.07, 6.45) is -2.97. The molecule has 4 N–H and O–H groups in total. The predicted molar refractivity (Wildman–Crippen MR) is 157 cm³/mol. The molecule has 0 saturated carbocycles. The predicted octanol–water partition coefficient (Wildman–Crippen LogP) is 5.51. The molecule has 0 atom stereocenters. The summed E-state index contributed by atoms with van der Waals surface area (Å²) in [4.78, 5) is 36.2. The lowest BCUT2D eigenvalue weighted by Gasteiger charge is -2.31. The van der Waals surface area contributed by atoms with Crippen molar-refractivity contribution in [2.45, 2.75) is 26.1 Å². The van der Waals surface area contributed by atoms with Crippen molar-refractivity contribution in [1.29, 1.82) is 0 Å². The lowest BCUT2D eigenvalue weighted by molar-refractivity contribution is -0.137. The van der Waals surface area contributed by atoms with E-state index in [4.69, 9.17) is 0 Å². The molecule has 42 heavy (non-hydrogen) atoms. The Labute approximate surface area is 240 Å². The van der Waals surface area contributed by atoms with E-state index >= 15 is 0 Å². The van der Waals surface area contributed by atoms with Gasteiger partial charge in [0.1, 0.15) is 5.52 Å². The van der Waals surface area contributed by atoms with Crippen molar-refractivity contribution < 1.29 is 22.8 Å². The number of hydrogen-bond acceptors (Lipinski definition) is 6. The highest BCUT2D eigenvalue weighted by Gasteiger charge is 2.35. The molecule has 0 unspecified atom stereocenters. The first kappa shape index (κ1) is 28.8. The van der Waals surface area contributed by atoms with Crippen LogP contribution >= 0.6 is 0 Å². The van der Waals surface area contributed by atoms with Gasteiger partial charge in [0.05, 0.1) is 22.3 Å². The number of halogens is 3. The molecule has 0 radical (unpaired) electrons. The summed E-state index contributed by atoms with van der Waals surface area (Å²) in [5, 5.41) is 11.1. The van der Waals surface area contributed by atoms with Crippen LogP contribution in [0.4, 0.5) is 35.0 Å². The number of alkyl halides is 3. The third-order valence-corrected chi connectivity index (χ3v) is 6.68. The second-order valence-electron chi connectivity index (χ2n) is 10.2. The van der Waals surface area contributed by atoms with Crippen molar-refractivity contribution in [3.8, 4) is 11.3 Å². The van der Waals surface area contributed by atoms with Crippen LogP contribution in [0.5, 0.6) is 0 Å². The number of amides is 3. The van der Waals surface area contributed by atoms with Crippen LogP contribution in [-0.4, -0.2) is 54.1 Å². The minimum absolute atomic E-state index is 0.0245. The number of benzene rings is 2. The molecule has 218 valence electrons. The zero-order valence-corrected chi connectivity index (χ0v) is 23.0. The number of hydrogen-bond donors (Lipinski definition) is 4. The maximum absolute atomic E-state index is 13.9. The Bertz CT molecular complexity index is 1600. The molecule has 0 aliphatic carbocycles. The maximum Gasteiger partial charge on any atom is 0.418 e. The lowest BCUT2D eigenvalue weighted by atomic mass is 10.1. The van der Waals surface area contributed by atoms with Crippen LogP contribution in [0, 0.1) is 0 Å². The van der Waals surface area contributed by atoms with Gasteiger partial charge in [0, 0.05) is 61.0 Å². The molecule has 1 fully saturated rings. The first-order valence-corrected chi connectivity index (χ1v) is 13.5. The van der Waals surface area contributed by atoms with Gasteiger partial charge in [0.2, 0.25) is 0 Å². The third kappa shape index (κ3) is 6.60. The first-order valence-electron chi connectivity index (χ1n) is 13.5. The molecule has 9 nitrogen and oxygen atoms in total. The molecule has 1 aliphatic rings. The normalized spacial score (nSPS) is 13.7. The molecule has 2 aromatic heterocycles. The van der Waals surface area contributed by atoms with E-state index in [1.54, 1.807) is 53.6 Å². The summed E-state index contributed by atoms with van der Waals surface area (Å²) < 4.78 is 41.6. The molecule has 3 amide bonds. The van der Waals surface area contributed by atoms with Crippen LogP contribution in [-0.2, 0) is 6.18 Å². The van der Waals surface area contributed by atoms with Gasteiger partial charge in [-0.2, -0.15) is 13.2 Å². The summed E-state index contributed by atoms with van der Waals surface area (Å²) in [7, 11) is 0.